The van der Waals surface area contributed by atoms with Crippen molar-refractivity contribution >= 4 is 46.0 Å². The van der Waals surface area contributed by atoms with E-state index in [0.29, 0.717) is 23.3 Å². The van der Waals surface area contributed by atoms with E-state index in [9.17, 15) is 40.5 Å². The SMILES string of the molecule is CCCCCCCCCCCCCCCCCCCCCCCCNc1ccc([N+](=O)[O-])cn1.CCCCCCCCCCCCCCCCCCCCCCNc1ccc([N+](=O)[O-])cn1.CCCCCCCCCCCCCCCCCCCCNc1ccc([N+](=O)[O-])cn1.CCCCCCCCCCCCCCCCCCNc1ccc([N+](=O)[O-])cn1. The second-order valence-electron chi connectivity index (χ2n) is 35.8. The third kappa shape index (κ3) is 80.0. The maximum atomic E-state index is 10.6. The smallest absolute Gasteiger partial charge is 0.287 e. The van der Waals surface area contributed by atoms with Gasteiger partial charge in [-0.2, -0.15) is 0 Å². The molecular formula is C104H188N12O8. The highest BCUT2D eigenvalue weighted by Crippen LogP contribution is 2.23. The first-order valence-electron chi connectivity index (χ1n) is 52.3. The van der Waals surface area contributed by atoms with Crippen LogP contribution in [0, 0.1) is 40.5 Å². The highest BCUT2D eigenvalue weighted by Gasteiger charge is 2.10. The maximum Gasteiger partial charge on any atom is 0.287 e. The van der Waals surface area contributed by atoms with Crippen LogP contribution >= 0.6 is 0 Å². The largest absolute Gasteiger partial charge is 0.370 e. The number of pyridine rings is 4. The van der Waals surface area contributed by atoms with Gasteiger partial charge in [-0.3, -0.25) is 40.5 Å². The summed E-state index contributed by atoms with van der Waals surface area (Å²) < 4.78 is 0. The van der Waals surface area contributed by atoms with Crippen molar-refractivity contribution in [2.75, 3.05) is 47.4 Å². The van der Waals surface area contributed by atoms with Gasteiger partial charge >= 0.3 is 0 Å². The fourth-order valence-corrected chi connectivity index (χ4v) is 16.1. The van der Waals surface area contributed by atoms with E-state index >= 15 is 0 Å². The van der Waals surface area contributed by atoms with E-state index in [4.69, 9.17) is 0 Å². The average Bonchev–Trinajstić information content (AvgIpc) is 0.917. The predicted octanol–water partition coefficient (Wildman–Crippen LogP) is 35.3. The highest BCUT2D eigenvalue weighted by molar-refractivity contribution is 5.42. The Morgan fingerprint density at radius 3 is 0.371 bits per heavy atom. The number of nitro groups is 4. The molecule has 0 spiro atoms. The van der Waals surface area contributed by atoms with Crippen LogP contribution in [0.5, 0.6) is 0 Å². The second-order valence-corrected chi connectivity index (χ2v) is 35.8. The molecule has 0 saturated heterocycles. The summed E-state index contributed by atoms with van der Waals surface area (Å²) in [5, 5.41) is 55.4. The van der Waals surface area contributed by atoms with Crippen LogP contribution in [0.3, 0.4) is 0 Å². The summed E-state index contributed by atoms with van der Waals surface area (Å²) in [6.07, 6.45) is 111. The van der Waals surface area contributed by atoms with E-state index < -0.39 is 19.7 Å². The topological polar surface area (TPSA) is 272 Å². The van der Waals surface area contributed by atoms with Gasteiger partial charge in [-0.05, 0) is 49.9 Å². The van der Waals surface area contributed by atoms with Crippen molar-refractivity contribution < 1.29 is 19.7 Å². The molecule has 0 atom stereocenters. The minimum atomic E-state index is -0.424. The molecule has 0 aliphatic heterocycles. The van der Waals surface area contributed by atoms with Gasteiger partial charge in [-0.1, -0.05) is 490 Å². The van der Waals surface area contributed by atoms with Crippen LogP contribution in [0.4, 0.5) is 46.0 Å². The quantitative estimate of drug-likeness (QED) is 0.0182. The number of unbranched alkanes of at least 4 members (excludes halogenated alkanes) is 72. The van der Waals surface area contributed by atoms with Gasteiger partial charge < -0.3 is 21.3 Å². The third-order valence-corrected chi connectivity index (χ3v) is 24.2. The molecule has 4 N–H and O–H groups in total. The summed E-state index contributed by atoms with van der Waals surface area (Å²) in [4.78, 5) is 57.0. The molecule has 0 unspecified atom stereocenters. The molecule has 0 amide bonds. The van der Waals surface area contributed by atoms with E-state index in [1.54, 1.807) is 24.3 Å². The minimum Gasteiger partial charge on any atom is -0.370 e. The third-order valence-electron chi connectivity index (χ3n) is 24.2. The fraction of sp³-hybridized carbons (Fsp3) is 0.808. The summed E-state index contributed by atoms with van der Waals surface area (Å²) in [7, 11) is 0. The molecule has 0 aliphatic rings. The molecular weight excluding hydrogens is 1550 g/mol. The Kier molecular flexibility index (Phi) is 86.2. The molecule has 4 aromatic rings. The molecule has 124 heavy (non-hydrogen) atoms. The Morgan fingerprint density at radius 2 is 0.282 bits per heavy atom. The van der Waals surface area contributed by atoms with Gasteiger partial charge in [0, 0.05) is 50.4 Å². The summed E-state index contributed by atoms with van der Waals surface area (Å²) in [6.45, 7) is 12.7. The molecule has 4 rings (SSSR count). The van der Waals surface area contributed by atoms with E-state index in [2.05, 4.69) is 68.9 Å². The number of hydrogen-bond acceptors (Lipinski definition) is 16. The zero-order valence-corrected chi connectivity index (χ0v) is 80.3. The summed E-state index contributed by atoms with van der Waals surface area (Å²) >= 11 is 0. The van der Waals surface area contributed by atoms with Crippen molar-refractivity contribution in [3.8, 4) is 0 Å². The number of rotatable bonds is 88. The van der Waals surface area contributed by atoms with Crippen molar-refractivity contribution in [3.63, 3.8) is 0 Å². The Balaban J connectivity index is 0.000000829. The van der Waals surface area contributed by atoms with E-state index in [0.717, 1.165) is 51.9 Å². The summed E-state index contributed by atoms with van der Waals surface area (Å²) in [6, 6.07) is 12.7. The lowest BCUT2D eigenvalue weighted by atomic mass is 10.0. The molecule has 0 radical (unpaired) electrons. The Morgan fingerprint density at radius 1 is 0.177 bits per heavy atom. The average molecular weight is 1730 g/mol. The van der Waals surface area contributed by atoms with E-state index in [1.807, 2.05) is 0 Å². The summed E-state index contributed by atoms with van der Waals surface area (Å²) in [5.74, 6) is 2.86. The van der Waals surface area contributed by atoms with Gasteiger partial charge in [0.1, 0.15) is 48.1 Å². The minimum absolute atomic E-state index is 0.0351. The zero-order valence-electron chi connectivity index (χ0n) is 80.3. The van der Waals surface area contributed by atoms with E-state index in [1.165, 1.54) is 511 Å². The molecule has 0 saturated carbocycles. The van der Waals surface area contributed by atoms with Gasteiger partial charge in [-0.25, -0.2) is 19.9 Å². The van der Waals surface area contributed by atoms with Crippen molar-refractivity contribution in [3.05, 3.63) is 114 Å². The lowest BCUT2D eigenvalue weighted by Gasteiger charge is -2.05. The van der Waals surface area contributed by atoms with Gasteiger partial charge in [0.15, 0.2) is 0 Å². The van der Waals surface area contributed by atoms with Crippen molar-refractivity contribution in [2.24, 2.45) is 0 Å². The Bertz CT molecular complexity index is 2920. The van der Waals surface area contributed by atoms with Crippen LogP contribution in [0.1, 0.15) is 516 Å². The normalized spacial score (nSPS) is 11.0. The van der Waals surface area contributed by atoms with Gasteiger partial charge in [-0.15, -0.1) is 0 Å². The number of hydrogen-bond donors (Lipinski definition) is 4. The standard InChI is InChI=1S/C29H53N3O2.C27H49N3O2.C25H45N3O2.C23H41N3O2/c1-2-3-4-5-6-7-8-9-10-11-12-13-14-15-16-17-18-19-20-21-22-23-26-30-29-25-24-28(27-31-29)32(33)34;1-2-3-4-5-6-7-8-9-10-11-12-13-14-15-16-17-18-19-20-21-24-28-27-23-22-26(25-29-27)30(31)32;1-2-3-4-5-6-7-8-9-10-11-12-13-14-15-16-17-18-19-22-26-25-21-20-24(23-27-25)28(29)30;1-2-3-4-5-6-7-8-9-10-11-12-13-14-15-16-17-20-24-23-19-18-22(21-25-23)26(27)28/h24-25,27H,2-23,26H2,1H3,(H,30,31);22-23,25H,2-21,24H2,1H3,(H,28,29);20-21,23H,2-19,22H2,1H3,(H,26,27);18-19,21H,2-17,20H2,1H3,(H,24,25). The molecule has 0 fully saturated rings. The predicted molar refractivity (Wildman–Crippen MR) is 531 cm³/mol. The highest BCUT2D eigenvalue weighted by atomic mass is 16.6. The van der Waals surface area contributed by atoms with Crippen LogP contribution in [0.25, 0.3) is 0 Å². The van der Waals surface area contributed by atoms with Crippen LogP contribution in [0.2, 0.25) is 0 Å². The number of anilines is 4. The van der Waals surface area contributed by atoms with E-state index in [-0.39, 0.29) is 22.7 Å². The Labute approximate surface area is 758 Å². The number of nitrogens with zero attached hydrogens (tertiary/aromatic N) is 8. The first-order chi connectivity index (χ1) is 60.9. The molecule has 4 heterocycles. The molecule has 0 aliphatic carbocycles. The van der Waals surface area contributed by atoms with Crippen molar-refractivity contribution in [2.45, 2.75) is 516 Å². The molecule has 0 aromatic carbocycles. The van der Waals surface area contributed by atoms with Crippen LogP contribution in [-0.2, 0) is 0 Å². The van der Waals surface area contributed by atoms with Crippen molar-refractivity contribution in [1.29, 1.82) is 0 Å². The molecule has 4 aromatic heterocycles. The van der Waals surface area contributed by atoms with Crippen molar-refractivity contribution in [1.82, 2.24) is 19.9 Å². The fourth-order valence-electron chi connectivity index (χ4n) is 16.1. The number of nitrogens with one attached hydrogen (secondary N) is 4. The monoisotopic (exact) mass is 1730 g/mol. The first-order valence-corrected chi connectivity index (χ1v) is 52.3. The summed E-state index contributed by atoms with van der Waals surface area (Å²) in [5.41, 5.74) is 0.144. The second kappa shape index (κ2) is 92.6. The molecule has 0 bridgehead atoms. The maximum absolute atomic E-state index is 10.6. The van der Waals surface area contributed by atoms with Gasteiger partial charge in [0.05, 0.1) is 19.7 Å². The van der Waals surface area contributed by atoms with Gasteiger partial charge in [0.2, 0.25) is 0 Å². The zero-order chi connectivity index (χ0) is 89.6. The lowest BCUT2D eigenvalue weighted by Crippen LogP contribution is -2.03. The van der Waals surface area contributed by atoms with Crippen LogP contribution < -0.4 is 21.3 Å². The number of aromatic nitrogens is 4. The first kappa shape index (κ1) is 115. The molecule has 20 heteroatoms. The lowest BCUT2D eigenvalue weighted by molar-refractivity contribution is -0.385. The van der Waals surface area contributed by atoms with Crippen LogP contribution in [0.15, 0.2) is 73.3 Å². The van der Waals surface area contributed by atoms with Crippen LogP contribution in [-0.4, -0.2) is 65.8 Å². The van der Waals surface area contributed by atoms with Gasteiger partial charge in [0.25, 0.3) is 22.7 Å². The molecule has 712 valence electrons. The molecule has 20 nitrogen and oxygen atoms in total. The Hall–Kier alpha value is -6.60.